The molecule has 3 nitrogen and oxygen atoms in total. The van der Waals surface area contributed by atoms with Gasteiger partial charge in [-0.05, 0) is 37.3 Å². The second kappa shape index (κ2) is 6.14. The molecule has 0 aliphatic heterocycles. The molecule has 0 unspecified atom stereocenters. The summed E-state index contributed by atoms with van der Waals surface area (Å²) in [5, 5.41) is 2.24. The van der Waals surface area contributed by atoms with E-state index in [1.807, 2.05) is 0 Å². The first-order valence-corrected chi connectivity index (χ1v) is 6.50. The molecule has 0 bridgehead atoms. The molecule has 0 radical (unpaired) electrons. The number of nitrogens with zero attached hydrogens (tertiary/aromatic N) is 1. The van der Waals surface area contributed by atoms with E-state index in [0.29, 0.717) is 17.8 Å². The number of aromatic nitrogens is 1. The van der Waals surface area contributed by atoms with E-state index in [0.717, 1.165) is 0 Å². The summed E-state index contributed by atoms with van der Waals surface area (Å²) in [4.78, 5) is 15.9. The lowest BCUT2D eigenvalue weighted by Crippen LogP contribution is -2.17. The number of anilines is 1. The molecule has 2 rings (SSSR count). The largest absolute Gasteiger partial charge is 0.416 e. The second-order valence-electron chi connectivity index (χ2n) is 4.93. The number of pyridine rings is 1. The van der Waals surface area contributed by atoms with Crippen molar-refractivity contribution in [3.05, 3.63) is 58.9 Å². The standard InChI is InChI=1S/C15H10F6N2O/c1-8-4-12(2-3-22-8)23-13(24)9-5-10(14(16,17)18)7-11(6-9)15(19,20)21/h2-7H,1H3,(H,22,23,24). The molecule has 128 valence electrons. The molecule has 1 amide bonds. The molecular formula is C15H10F6N2O. The number of hydrogen-bond acceptors (Lipinski definition) is 2. The van der Waals surface area contributed by atoms with Crippen LogP contribution in [0.5, 0.6) is 0 Å². The van der Waals surface area contributed by atoms with Crippen molar-refractivity contribution in [2.24, 2.45) is 0 Å². The number of benzene rings is 1. The molecule has 2 aromatic rings. The Balaban J connectivity index is 2.43. The number of rotatable bonds is 2. The number of nitrogens with one attached hydrogen (secondary N) is 1. The van der Waals surface area contributed by atoms with Gasteiger partial charge in [-0.15, -0.1) is 0 Å². The van der Waals surface area contributed by atoms with E-state index < -0.39 is 35.0 Å². The lowest BCUT2D eigenvalue weighted by molar-refractivity contribution is -0.143. The van der Waals surface area contributed by atoms with E-state index in [1.54, 1.807) is 6.92 Å². The molecule has 0 aliphatic carbocycles. The van der Waals surface area contributed by atoms with Crippen molar-refractivity contribution in [2.75, 3.05) is 5.32 Å². The molecule has 0 fully saturated rings. The van der Waals surface area contributed by atoms with E-state index in [-0.39, 0.29) is 11.8 Å². The third-order valence-corrected chi connectivity index (χ3v) is 3.00. The van der Waals surface area contributed by atoms with E-state index in [1.165, 1.54) is 18.3 Å². The zero-order valence-electron chi connectivity index (χ0n) is 12.1. The summed E-state index contributed by atoms with van der Waals surface area (Å²) in [7, 11) is 0. The molecule has 1 aromatic carbocycles. The van der Waals surface area contributed by atoms with E-state index in [4.69, 9.17) is 0 Å². The summed E-state index contributed by atoms with van der Waals surface area (Å²) in [6.07, 6.45) is -8.68. The van der Waals surface area contributed by atoms with Crippen molar-refractivity contribution in [2.45, 2.75) is 19.3 Å². The molecule has 24 heavy (non-hydrogen) atoms. The third-order valence-electron chi connectivity index (χ3n) is 3.00. The van der Waals surface area contributed by atoms with Gasteiger partial charge in [0.05, 0.1) is 11.1 Å². The quantitative estimate of drug-likeness (QED) is 0.801. The van der Waals surface area contributed by atoms with Crippen LogP contribution in [0.25, 0.3) is 0 Å². The highest BCUT2D eigenvalue weighted by atomic mass is 19.4. The van der Waals surface area contributed by atoms with Crippen LogP contribution < -0.4 is 5.32 Å². The number of amides is 1. The van der Waals surface area contributed by atoms with Crippen LogP contribution in [-0.4, -0.2) is 10.9 Å². The predicted molar refractivity (Wildman–Crippen MR) is 73.4 cm³/mol. The van der Waals surface area contributed by atoms with E-state index >= 15 is 0 Å². The van der Waals surface area contributed by atoms with Crippen molar-refractivity contribution < 1.29 is 31.1 Å². The Morgan fingerprint density at radius 1 is 0.958 bits per heavy atom. The zero-order chi connectivity index (χ0) is 18.1. The number of halogens is 6. The first kappa shape index (κ1) is 17.8. The average molecular weight is 348 g/mol. The first-order valence-electron chi connectivity index (χ1n) is 6.50. The first-order chi connectivity index (χ1) is 11.0. The van der Waals surface area contributed by atoms with Crippen LogP contribution in [-0.2, 0) is 12.4 Å². The molecule has 0 saturated heterocycles. The SMILES string of the molecule is Cc1cc(NC(=O)c2cc(C(F)(F)F)cc(C(F)(F)F)c2)ccn1. The number of alkyl halides is 6. The van der Waals surface area contributed by atoms with Crippen LogP contribution in [0.4, 0.5) is 32.0 Å². The van der Waals surface area contributed by atoms with Gasteiger partial charge in [-0.25, -0.2) is 0 Å². The van der Waals surface area contributed by atoms with Crippen LogP contribution in [0.3, 0.4) is 0 Å². The predicted octanol–water partition coefficient (Wildman–Crippen LogP) is 4.68. The molecular weight excluding hydrogens is 338 g/mol. The molecule has 1 aromatic heterocycles. The van der Waals surface area contributed by atoms with Gasteiger partial charge in [0.2, 0.25) is 0 Å². The number of aryl methyl sites for hydroxylation is 1. The summed E-state index contributed by atoms with van der Waals surface area (Å²) in [6.45, 7) is 1.61. The van der Waals surface area contributed by atoms with Gasteiger partial charge in [-0.2, -0.15) is 26.3 Å². The van der Waals surface area contributed by atoms with Gasteiger partial charge in [-0.3, -0.25) is 9.78 Å². The Bertz CT molecular complexity index is 735. The lowest BCUT2D eigenvalue weighted by Gasteiger charge is -2.14. The van der Waals surface area contributed by atoms with Crippen molar-refractivity contribution in [3.8, 4) is 0 Å². The molecule has 1 N–H and O–H groups in total. The fourth-order valence-corrected chi connectivity index (χ4v) is 1.91. The van der Waals surface area contributed by atoms with Crippen molar-refractivity contribution >= 4 is 11.6 Å². The minimum absolute atomic E-state index is 0.0344. The number of carbonyl (C=O) groups excluding carboxylic acids is 1. The maximum absolute atomic E-state index is 12.8. The summed E-state index contributed by atoms with van der Waals surface area (Å²) < 4.78 is 76.6. The van der Waals surface area contributed by atoms with Crippen LogP contribution >= 0.6 is 0 Å². The number of carbonyl (C=O) groups is 1. The Morgan fingerprint density at radius 3 is 1.96 bits per heavy atom. The van der Waals surface area contributed by atoms with Crippen LogP contribution in [0.15, 0.2) is 36.5 Å². The van der Waals surface area contributed by atoms with Gasteiger partial charge in [-0.1, -0.05) is 0 Å². The number of hydrogen-bond donors (Lipinski definition) is 1. The van der Waals surface area contributed by atoms with Crippen molar-refractivity contribution in [1.29, 1.82) is 0 Å². The summed E-state index contributed by atoms with van der Waals surface area (Å²) >= 11 is 0. The van der Waals surface area contributed by atoms with E-state index in [9.17, 15) is 31.1 Å². The van der Waals surface area contributed by atoms with Gasteiger partial charge in [0, 0.05) is 23.1 Å². The maximum Gasteiger partial charge on any atom is 0.416 e. The molecule has 0 aliphatic rings. The normalized spacial score (nSPS) is 12.1. The van der Waals surface area contributed by atoms with Crippen LogP contribution in [0.1, 0.15) is 27.2 Å². The Hall–Kier alpha value is -2.58. The molecule has 9 heteroatoms. The van der Waals surface area contributed by atoms with Gasteiger partial charge >= 0.3 is 12.4 Å². The van der Waals surface area contributed by atoms with Gasteiger partial charge in [0.1, 0.15) is 0 Å². The molecule has 0 spiro atoms. The molecule has 0 atom stereocenters. The highest BCUT2D eigenvalue weighted by Crippen LogP contribution is 2.36. The molecule has 1 heterocycles. The zero-order valence-corrected chi connectivity index (χ0v) is 12.1. The maximum atomic E-state index is 12.8. The molecule has 0 saturated carbocycles. The smallest absolute Gasteiger partial charge is 0.322 e. The Kier molecular flexibility index (Phi) is 4.54. The summed E-state index contributed by atoms with van der Waals surface area (Å²) in [6, 6.07) is 3.50. The summed E-state index contributed by atoms with van der Waals surface area (Å²) in [5.41, 5.74) is -3.11. The monoisotopic (exact) mass is 348 g/mol. The summed E-state index contributed by atoms with van der Waals surface area (Å²) in [5.74, 6) is -1.09. The Labute approximate surface area is 132 Å². The minimum atomic E-state index is -5.01. The third kappa shape index (κ3) is 4.24. The minimum Gasteiger partial charge on any atom is -0.322 e. The van der Waals surface area contributed by atoms with Crippen LogP contribution in [0, 0.1) is 6.92 Å². The average Bonchev–Trinajstić information content (AvgIpc) is 2.45. The van der Waals surface area contributed by atoms with Crippen molar-refractivity contribution in [3.63, 3.8) is 0 Å². The van der Waals surface area contributed by atoms with E-state index in [2.05, 4.69) is 10.3 Å². The van der Waals surface area contributed by atoms with Crippen LogP contribution in [0.2, 0.25) is 0 Å². The fraction of sp³-hybridized carbons (Fsp3) is 0.200. The second-order valence-corrected chi connectivity index (χ2v) is 4.93. The van der Waals surface area contributed by atoms with Crippen molar-refractivity contribution in [1.82, 2.24) is 4.98 Å². The highest BCUT2D eigenvalue weighted by molar-refractivity contribution is 6.04. The Morgan fingerprint density at radius 2 is 1.50 bits per heavy atom. The van der Waals surface area contributed by atoms with Gasteiger partial charge < -0.3 is 5.32 Å². The highest BCUT2D eigenvalue weighted by Gasteiger charge is 2.37. The van der Waals surface area contributed by atoms with Gasteiger partial charge in [0.25, 0.3) is 5.91 Å². The lowest BCUT2D eigenvalue weighted by atomic mass is 10.0. The fourth-order valence-electron chi connectivity index (χ4n) is 1.91. The van der Waals surface area contributed by atoms with Gasteiger partial charge in [0.15, 0.2) is 0 Å². The topological polar surface area (TPSA) is 42.0 Å².